The number of non-ortho nitro benzene ring substituents is 1. The van der Waals surface area contributed by atoms with Crippen LogP contribution in [-0.4, -0.2) is 37.8 Å². The van der Waals surface area contributed by atoms with Gasteiger partial charge in [-0.15, -0.1) is 0 Å². The first kappa shape index (κ1) is 24.5. The minimum atomic E-state index is -0.647. The van der Waals surface area contributed by atoms with E-state index < -0.39 is 17.0 Å². The number of nitro groups is 1. The molecule has 0 aliphatic heterocycles. The summed E-state index contributed by atoms with van der Waals surface area (Å²) >= 11 is 0. The van der Waals surface area contributed by atoms with Crippen molar-refractivity contribution < 1.29 is 28.7 Å². The van der Waals surface area contributed by atoms with E-state index in [2.05, 4.69) is 5.10 Å². The van der Waals surface area contributed by atoms with Crippen molar-refractivity contribution in [2.45, 2.75) is 20.8 Å². The molecule has 3 aromatic heterocycles. The van der Waals surface area contributed by atoms with E-state index in [0.717, 1.165) is 5.39 Å². The van der Waals surface area contributed by atoms with Crippen LogP contribution in [0, 0.1) is 24.0 Å². The summed E-state index contributed by atoms with van der Waals surface area (Å²) in [4.78, 5) is 35.6. The van der Waals surface area contributed by atoms with Crippen molar-refractivity contribution in [3.05, 3.63) is 93.9 Å². The van der Waals surface area contributed by atoms with Crippen LogP contribution in [0.5, 0.6) is 17.2 Å². The summed E-state index contributed by atoms with van der Waals surface area (Å²) in [6.07, 6.45) is 2.54. The molecule has 192 valence electrons. The molecule has 0 unspecified atom stereocenters. The number of hydrogen-bond acceptors (Lipinski definition) is 8. The highest BCUT2D eigenvalue weighted by Gasteiger charge is 2.20. The molecule has 0 spiro atoms. The van der Waals surface area contributed by atoms with Crippen molar-refractivity contribution in [1.82, 2.24) is 14.2 Å². The van der Waals surface area contributed by atoms with Gasteiger partial charge in [0, 0.05) is 35.5 Å². The van der Waals surface area contributed by atoms with Crippen LogP contribution in [0.25, 0.3) is 16.4 Å². The summed E-state index contributed by atoms with van der Waals surface area (Å²) in [7, 11) is 0. The molecule has 5 rings (SSSR count). The number of aryl methyl sites for hydroxylation is 2. The van der Waals surface area contributed by atoms with E-state index in [-0.39, 0.29) is 18.0 Å². The minimum absolute atomic E-state index is 0.0983. The molecule has 0 atom stereocenters. The molecule has 0 aliphatic carbocycles. The quantitative estimate of drug-likeness (QED) is 0.157. The molecular weight excluding hydrogens is 492 g/mol. The number of nitro benzene ring substituents is 1. The second-order valence-corrected chi connectivity index (χ2v) is 8.44. The van der Waals surface area contributed by atoms with E-state index >= 15 is 0 Å². The van der Waals surface area contributed by atoms with Crippen molar-refractivity contribution in [3.63, 3.8) is 0 Å². The van der Waals surface area contributed by atoms with Crippen molar-refractivity contribution in [2.75, 3.05) is 6.61 Å². The third-order valence-corrected chi connectivity index (χ3v) is 6.01. The molecule has 5 aromatic rings. The SMILES string of the molecule is CCOC(=O)c1cn2nccc(Oc3ccc4c(c3)cc(C)n4C(=O)Oc3ccc([N+](=O)[O-])cc3)c2c1C. The number of nitrogens with zero attached hydrogens (tertiary/aromatic N) is 4. The Morgan fingerprint density at radius 3 is 2.47 bits per heavy atom. The lowest BCUT2D eigenvalue weighted by Gasteiger charge is -2.10. The topological polar surface area (TPSA) is 127 Å². The van der Waals surface area contributed by atoms with Gasteiger partial charge in [0.2, 0.25) is 0 Å². The highest BCUT2D eigenvalue weighted by molar-refractivity contribution is 5.95. The van der Waals surface area contributed by atoms with Crippen molar-refractivity contribution in [2.24, 2.45) is 0 Å². The molecule has 0 amide bonds. The lowest BCUT2D eigenvalue weighted by molar-refractivity contribution is -0.384. The van der Waals surface area contributed by atoms with E-state index in [9.17, 15) is 19.7 Å². The van der Waals surface area contributed by atoms with Gasteiger partial charge in [-0.25, -0.2) is 18.7 Å². The summed E-state index contributed by atoms with van der Waals surface area (Å²) in [6, 6.07) is 14.1. The van der Waals surface area contributed by atoms with Gasteiger partial charge in [0.25, 0.3) is 5.69 Å². The van der Waals surface area contributed by atoms with Gasteiger partial charge >= 0.3 is 12.1 Å². The summed E-state index contributed by atoms with van der Waals surface area (Å²) in [5.41, 5.74) is 2.87. The maximum Gasteiger partial charge on any atom is 0.424 e. The zero-order valence-electron chi connectivity index (χ0n) is 20.7. The Labute approximate surface area is 215 Å². The molecule has 0 saturated carbocycles. The highest BCUT2D eigenvalue weighted by atomic mass is 16.6. The Morgan fingerprint density at radius 2 is 1.76 bits per heavy atom. The lowest BCUT2D eigenvalue weighted by Crippen LogP contribution is -2.17. The smallest absolute Gasteiger partial charge is 0.424 e. The normalized spacial score (nSPS) is 11.0. The van der Waals surface area contributed by atoms with Gasteiger partial charge in [-0.2, -0.15) is 5.10 Å². The van der Waals surface area contributed by atoms with Crippen LogP contribution in [0.15, 0.2) is 67.0 Å². The number of aromatic nitrogens is 3. The fraction of sp³-hybridized carbons (Fsp3) is 0.148. The van der Waals surface area contributed by atoms with Crippen LogP contribution in [0.2, 0.25) is 0 Å². The van der Waals surface area contributed by atoms with Gasteiger partial charge in [-0.3, -0.25) is 10.1 Å². The maximum absolute atomic E-state index is 12.9. The molecule has 11 heteroatoms. The minimum Gasteiger partial charge on any atom is -0.462 e. The van der Waals surface area contributed by atoms with Gasteiger partial charge < -0.3 is 14.2 Å². The Balaban J connectivity index is 1.43. The Morgan fingerprint density at radius 1 is 1.03 bits per heavy atom. The molecule has 0 radical (unpaired) electrons. The maximum atomic E-state index is 12.9. The monoisotopic (exact) mass is 514 g/mol. The van der Waals surface area contributed by atoms with Crippen LogP contribution < -0.4 is 9.47 Å². The first-order valence-corrected chi connectivity index (χ1v) is 11.7. The second-order valence-electron chi connectivity index (χ2n) is 8.44. The first-order chi connectivity index (χ1) is 18.3. The summed E-state index contributed by atoms with van der Waals surface area (Å²) in [5.74, 6) is 0.777. The number of rotatable bonds is 6. The van der Waals surface area contributed by atoms with Crippen molar-refractivity contribution in [1.29, 1.82) is 0 Å². The zero-order chi connectivity index (χ0) is 27.0. The average molecular weight is 514 g/mol. The Hall–Kier alpha value is -5.19. The van der Waals surface area contributed by atoms with Crippen LogP contribution in [0.3, 0.4) is 0 Å². The molecule has 11 nitrogen and oxygen atoms in total. The molecule has 3 heterocycles. The molecule has 38 heavy (non-hydrogen) atoms. The number of benzene rings is 2. The summed E-state index contributed by atoms with van der Waals surface area (Å²) in [5, 5.41) is 15.9. The van der Waals surface area contributed by atoms with E-state index in [1.54, 1.807) is 61.9 Å². The number of ether oxygens (including phenoxy) is 3. The molecule has 2 aromatic carbocycles. The van der Waals surface area contributed by atoms with Crippen molar-refractivity contribution >= 4 is 34.2 Å². The standard InChI is InChI=1S/C27H22N4O7/c1-4-36-26(32)22-15-29-25(17(22)3)24(11-12-28-29)37-21-9-10-23-18(14-21)13-16(2)30(23)27(33)38-20-7-5-19(6-8-20)31(34)35/h5-15H,4H2,1-3H3. The van der Waals surface area contributed by atoms with Gasteiger partial charge in [-0.1, -0.05) is 0 Å². The van der Waals surface area contributed by atoms with Crippen LogP contribution in [-0.2, 0) is 4.74 Å². The molecule has 0 N–H and O–H groups in total. The first-order valence-electron chi connectivity index (χ1n) is 11.7. The summed E-state index contributed by atoms with van der Waals surface area (Å²) in [6.45, 7) is 5.59. The molecule has 0 bridgehead atoms. The van der Waals surface area contributed by atoms with Crippen LogP contribution in [0.1, 0.15) is 28.5 Å². The molecular formula is C27H22N4O7. The molecule has 0 fully saturated rings. The largest absolute Gasteiger partial charge is 0.462 e. The van der Waals surface area contributed by atoms with Gasteiger partial charge in [0.05, 0.1) is 28.8 Å². The highest BCUT2D eigenvalue weighted by Crippen LogP contribution is 2.33. The molecule has 0 aliphatic rings. The van der Waals surface area contributed by atoms with Crippen LogP contribution >= 0.6 is 0 Å². The van der Waals surface area contributed by atoms with Gasteiger partial charge in [0.1, 0.15) is 17.0 Å². The van der Waals surface area contributed by atoms with Gasteiger partial charge in [0.15, 0.2) is 5.75 Å². The zero-order valence-corrected chi connectivity index (χ0v) is 20.7. The van der Waals surface area contributed by atoms with E-state index in [4.69, 9.17) is 14.2 Å². The van der Waals surface area contributed by atoms with Gasteiger partial charge in [-0.05, 0) is 62.7 Å². The third-order valence-electron chi connectivity index (χ3n) is 6.01. The van der Waals surface area contributed by atoms with Crippen molar-refractivity contribution in [3.8, 4) is 17.2 Å². The third kappa shape index (κ3) is 4.41. The predicted octanol–water partition coefficient (Wildman–Crippen LogP) is 5.83. The lowest BCUT2D eigenvalue weighted by atomic mass is 10.2. The van der Waals surface area contributed by atoms with E-state index in [1.165, 1.54) is 28.8 Å². The number of esters is 1. The number of carbonyl (C=O) groups is 2. The summed E-state index contributed by atoms with van der Waals surface area (Å²) < 4.78 is 19.7. The average Bonchev–Trinajstić information content (AvgIpc) is 3.40. The van der Waals surface area contributed by atoms with Crippen LogP contribution in [0.4, 0.5) is 10.5 Å². The number of hydrogen-bond donors (Lipinski definition) is 0. The number of carbonyl (C=O) groups excluding carboxylic acids is 2. The number of fused-ring (bicyclic) bond motifs is 2. The fourth-order valence-electron chi connectivity index (χ4n) is 4.27. The fourth-order valence-corrected chi connectivity index (χ4v) is 4.27. The van der Waals surface area contributed by atoms with E-state index in [0.29, 0.717) is 39.4 Å². The Bertz CT molecular complexity index is 1720. The second kappa shape index (κ2) is 9.69. The molecule has 0 saturated heterocycles. The Kier molecular flexibility index (Phi) is 6.25. The predicted molar refractivity (Wildman–Crippen MR) is 137 cm³/mol. The van der Waals surface area contributed by atoms with E-state index in [1.807, 2.05) is 6.07 Å².